The number of nitrogens with zero attached hydrogens (tertiary/aromatic N) is 1. The van der Waals surface area contributed by atoms with Gasteiger partial charge in [-0.2, -0.15) is 0 Å². The summed E-state index contributed by atoms with van der Waals surface area (Å²) in [6.07, 6.45) is -0.356. The van der Waals surface area contributed by atoms with E-state index < -0.39 is 0 Å². The van der Waals surface area contributed by atoms with Gasteiger partial charge in [0.05, 0.1) is 16.7 Å². The van der Waals surface area contributed by atoms with Gasteiger partial charge in [0.15, 0.2) is 0 Å². The largest absolute Gasteiger partial charge is 0.449 e. The van der Waals surface area contributed by atoms with Crippen LogP contribution in [0.5, 0.6) is 0 Å². The first-order valence-electron chi connectivity index (χ1n) is 4.67. The fraction of sp³-hybridized carbons (Fsp3) is 0.182. The van der Waals surface area contributed by atoms with Crippen LogP contribution in [0.3, 0.4) is 0 Å². The third-order valence-electron chi connectivity index (χ3n) is 2.12. The maximum atomic E-state index is 11.7. The first-order chi connectivity index (χ1) is 7.24. The lowest BCUT2D eigenvalue weighted by Gasteiger charge is -2.05. The van der Waals surface area contributed by atoms with Crippen molar-refractivity contribution in [3.63, 3.8) is 0 Å². The molecule has 0 unspecified atom stereocenters. The highest BCUT2D eigenvalue weighted by Crippen LogP contribution is 2.23. The Morgan fingerprint density at radius 1 is 1.47 bits per heavy atom. The summed E-state index contributed by atoms with van der Waals surface area (Å²) in [4.78, 5) is 11.7. The van der Waals surface area contributed by atoms with Gasteiger partial charge in [-0.15, -0.1) is 0 Å². The van der Waals surface area contributed by atoms with Crippen molar-refractivity contribution >= 4 is 32.9 Å². The van der Waals surface area contributed by atoms with E-state index in [0.29, 0.717) is 11.2 Å². The lowest BCUT2D eigenvalue weighted by molar-refractivity contribution is 0.154. The number of ether oxygens (including phenoxy) is 1. The van der Waals surface area contributed by atoms with Crippen molar-refractivity contribution in [2.24, 2.45) is 0 Å². The van der Waals surface area contributed by atoms with Crippen molar-refractivity contribution in [1.29, 1.82) is 0 Å². The van der Waals surface area contributed by atoms with Gasteiger partial charge in [-0.1, -0.05) is 18.2 Å². The van der Waals surface area contributed by atoms with Crippen molar-refractivity contribution in [2.75, 3.05) is 6.61 Å². The second-order valence-corrected chi connectivity index (χ2v) is 3.87. The molecular formula is C11H10BrNO2. The number of carbonyl (C=O) groups is 1. The van der Waals surface area contributed by atoms with Crippen molar-refractivity contribution < 1.29 is 9.53 Å². The zero-order chi connectivity index (χ0) is 10.8. The van der Waals surface area contributed by atoms with Crippen LogP contribution >= 0.6 is 15.9 Å². The Balaban J connectivity index is 2.58. The monoisotopic (exact) mass is 267 g/mol. The van der Waals surface area contributed by atoms with Crippen LogP contribution in [-0.2, 0) is 4.74 Å². The SMILES string of the molecule is CCOC(=O)n1c(Br)cc2ccccc21. The van der Waals surface area contributed by atoms with Gasteiger partial charge in [0.2, 0.25) is 0 Å². The molecule has 2 aromatic rings. The summed E-state index contributed by atoms with van der Waals surface area (Å²) < 4.78 is 7.19. The molecule has 78 valence electrons. The van der Waals surface area contributed by atoms with Crippen LogP contribution in [0.4, 0.5) is 4.79 Å². The molecule has 15 heavy (non-hydrogen) atoms. The highest BCUT2D eigenvalue weighted by molar-refractivity contribution is 9.10. The third kappa shape index (κ3) is 1.77. The standard InChI is InChI=1S/C11H10BrNO2/c1-2-15-11(14)13-9-6-4-3-5-8(9)7-10(13)12/h3-7H,2H2,1H3. The van der Waals surface area contributed by atoms with Crippen molar-refractivity contribution in [2.45, 2.75) is 6.92 Å². The van der Waals surface area contributed by atoms with Crippen molar-refractivity contribution in [1.82, 2.24) is 4.57 Å². The quantitative estimate of drug-likeness (QED) is 0.793. The van der Waals surface area contributed by atoms with E-state index in [-0.39, 0.29) is 6.09 Å². The van der Waals surface area contributed by atoms with Crippen LogP contribution in [0.25, 0.3) is 10.9 Å². The molecule has 4 heteroatoms. The summed E-state index contributed by atoms with van der Waals surface area (Å²) in [7, 11) is 0. The molecule has 0 aliphatic carbocycles. The van der Waals surface area contributed by atoms with Gasteiger partial charge in [-0.25, -0.2) is 9.36 Å². The van der Waals surface area contributed by atoms with E-state index in [1.165, 1.54) is 4.57 Å². The molecule has 0 N–H and O–H groups in total. The number of fused-ring (bicyclic) bond motifs is 1. The Morgan fingerprint density at radius 3 is 2.93 bits per heavy atom. The molecule has 0 saturated heterocycles. The zero-order valence-corrected chi connectivity index (χ0v) is 9.82. The lowest BCUT2D eigenvalue weighted by atomic mass is 10.2. The van der Waals surface area contributed by atoms with Crippen LogP contribution in [0.15, 0.2) is 34.9 Å². The molecule has 0 atom stereocenters. The van der Waals surface area contributed by atoms with E-state index in [4.69, 9.17) is 4.74 Å². The fourth-order valence-corrected chi connectivity index (χ4v) is 2.08. The summed E-state index contributed by atoms with van der Waals surface area (Å²) in [5, 5.41) is 1.01. The molecule has 1 aromatic heterocycles. The summed E-state index contributed by atoms with van der Waals surface area (Å²) in [5.41, 5.74) is 0.850. The van der Waals surface area contributed by atoms with Gasteiger partial charge in [0.1, 0.15) is 0 Å². The minimum absolute atomic E-state index is 0.356. The summed E-state index contributed by atoms with van der Waals surface area (Å²) >= 11 is 3.34. The Kier molecular flexibility index (Phi) is 2.77. The van der Waals surface area contributed by atoms with Crippen LogP contribution in [-0.4, -0.2) is 17.3 Å². The number of hydrogen-bond donors (Lipinski definition) is 0. The lowest BCUT2D eigenvalue weighted by Crippen LogP contribution is -2.13. The van der Waals surface area contributed by atoms with Gasteiger partial charge < -0.3 is 4.74 Å². The van der Waals surface area contributed by atoms with E-state index in [2.05, 4.69) is 15.9 Å². The van der Waals surface area contributed by atoms with Crippen molar-refractivity contribution in [3.05, 3.63) is 34.9 Å². The topological polar surface area (TPSA) is 31.2 Å². The number of carbonyl (C=O) groups excluding carboxylic acids is 1. The molecule has 0 bridgehead atoms. The minimum Gasteiger partial charge on any atom is -0.449 e. The van der Waals surface area contributed by atoms with Crippen LogP contribution in [0.1, 0.15) is 6.92 Å². The van der Waals surface area contributed by atoms with E-state index >= 15 is 0 Å². The third-order valence-corrected chi connectivity index (χ3v) is 2.70. The molecule has 1 heterocycles. The normalized spacial score (nSPS) is 10.5. The van der Waals surface area contributed by atoms with Gasteiger partial charge in [0.25, 0.3) is 0 Å². The van der Waals surface area contributed by atoms with Gasteiger partial charge in [0, 0.05) is 5.39 Å². The van der Waals surface area contributed by atoms with E-state index in [0.717, 1.165) is 10.9 Å². The molecule has 2 rings (SSSR count). The molecule has 0 aliphatic rings. The van der Waals surface area contributed by atoms with Crippen LogP contribution in [0.2, 0.25) is 0 Å². The predicted octanol–water partition coefficient (Wildman–Crippen LogP) is 3.41. The Labute approximate surface area is 95.8 Å². The molecule has 0 amide bonds. The minimum atomic E-state index is -0.356. The molecule has 0 spiro atoms. The Bertz CT molecular complexity index is 504. The van der Waals surface area contributed by atoms with Gasteiger partial charge in [-0.3, -0.25) is 0 Å². The Hall–Kier alpha value is -1.29. The second kappa shape index (κ2) is 4.06. The molecule has 0 saturated carbocycles. The van der Waals surface area contributed by atoms with Crippen LogP contribution in [0, 0.1) is 0 Å². The average Bonchev–Trinajstić information content (AvgIpc) is 2.54. The molecule has 3 nitrogen and oxygen atoms in total. The molecule has 0 radical (unpaired) electrons. The van der Waals surface area contributed by atoms with Crippen LogP contribution < -0.4 is 0 Å². The van der Waals surface area contributed by atoms with E-state index in [1.54, 1.807) is 6.92 Å². The number of rotatable bonds is 1. The molecule has 0 aliphatic heterocycles. The van der Waals surface area contributed by atoms with E-state index in [9.17, 15) is 4.79 Å². The maximum Gasteiger partial charge on any atom is 0.419 e. The number of hydrogen-bond acceptors (Lipinski definition) is 2. The molecule has 1 aromatic carbocycles. The maximum absolute atomic E-state index is 11.7. The molecule has 0 fully saturated rings. The smallest absolute Gasteiger partial charge is 0.419 e. The fourth-order valence-electron chi connectivity index (χ4n) is 1.49. The number of para-hydroxylation sites is 1. The Morgan fingerprint density at radius 2 is 2.20 bits per heavy atom. The highest BCUT2D eigenvalue weighted by Gasteiger charge is 2.13. The zero-order valence-electron chi connectivity index (χ0n) is 8.24. The first-order valence-corrected chi connectivity index (χ1v) is 5.46. The summed E-state index contributed by atoms with van der Waals surface area (Å²) in [6, 6.07) is 9.56. The number of benzene rings is 1. The second-order valence-electron chi connectivity index (χ2n) is 3.06. The summed E-state index contributed by atoms with van der Waals surface area (Å²) in [5.74, 6) is 0. The first kappa shape index (κ1) is 10.2. The highest BCUT2D eigenvalue weighted by atomic mass is 79.9. The number of halogens is 1. The summed E-state index contributed by atoms with van der Waals surface area (Å²) in [6.45, 7) is 2.16. The number of aromatic nitrogens is 1. The van der Waals surface area contributed by atoms with Crippen molar-refractivity contribution in [3.8, 4) is 0 Å². The van der Waals surface area contributed by atoms with Gasteiger partial charge >= 0.3 is 6.09 Å². The van der Waals surface area contributed by atoms with E-state index in [1.807, 2.05) is 30.3 Å². The van der Waals surface area contributed by atoms with Gasteiger partial charge in [-0.05, 0) is 35.0 Å². The average molecular weight is 268 g/mol. The predicted molar refractivity (Wildman–Crippen MR) is 62.1 cm³/mol. The molecular weight excluding hydrogens is 258 g/mol.